The van der Waals surface area contributed by atoms with E-state index in [9.17, 15) is 21.6 Å². The maximum atomic E-state index is 12.5. The number of sulfonamides is 1. The van der Waals surface area contributed by atoms with Gasteiger partial charge in [0.2, 0.25) is 10.0 Å². The van der Waals surface area contributed by atoms with Gasteiger partial charge in [0.1, 0.15) is 5.75 Å². The Morgan fingerprint density at radius 3 is 2.55 bits per heavy atom. The first-order valence-electron chi connectivity index (χ1n) is 6.69. The molecule has 0 heterocycles. The molecule has 22 heavy (non-hydrogen) atoms. The van der Waals surface area contributed by atoms with Crippen molar-refractivity contribution in [3.63, 3.8) is 0 Å². The van der Waals surface area contributed by atoms with Gasteiger partial charge in [0.05, 0.1) is 4.90 Å². The van der Waals surface area contributed by atoms with Gasteiger partial charge in [-0.25, -0.2) is 8.42 Å². The molecule has 2 rings (SSSR count). The van der Waals surface area contributed by atoms with Crippen LogP contribution in [0.15, 0.2) is 29.2 Å². The molecule has 5 nitrogen and oxygen atoms in total. The molecule has 0 aliphatic heterocycles. The molecule has 0 bridgehead atoms. The molecule has 0 aromatic heterocycles. The summed E-state index contributed by atoms with van der Waals surface area (Å²) in [5.41, 5.74) is 5.62. The molecule has 1 aliphatic rings. The Labute approximate surface area is 126 Å². The van der Waals surface area contributed by atoms with Crippen molar-refractivity contribution in [2.75, 3.05) is 13.6 Å². The van der Waals surface area contributed by atoms with Crippen molar-refractivity contribution in [2.45, 2.75) is 30.1 Å². The molecule has 124 valence electrons. The summed E-state index contributed by atoms with van der Waals surface area (Å²) in [5.74, 6) is -0.364. The molecular formula is C13H17F3N2O3S. The Morgan fingerprint density at radius 1 is 1.41 bits per heavy atom. The lowest BCUT2D eigenvalue weighted by molar-refractivity contribution is -0.274. The number of benzene rings is 1. The topological polar surface area (TPSA) is 72.6 Å². The Kier molecular flexibility index (Phi) is 4.69. The SMILES string of the molecule is CN(C(CN)C1CC1)S(=O)(=O)c1cccc(OC(F)(F)F)c1. The van der Waals surface area contributed by atoms with Crippen molar-refractivity contribution < 1.29 is 26.3 Å². The van der Waals surface area contributed by atoms with Crippen LogP contribution in [0.4, 0.5) is 13.2 Å². The van der Waals surface area contributed by atoms with Gasteiger partial charge in [-0.2, -0.15) is 4.31 Å². The normalized spacial score (nSPS) is 17.5. The van der Waals surface area contributed by atoms with Gasteiger partial charge in [-0.15, -0.1) is 13.2 Å². The Morgan fingerprint density at radius 2 is 2.05 bits per heavy atom. The maximum Gasteiger partial charge on any atom is 0.573 e. The Hall–Kier alpha value is -1.32. The number of nitrogens with two attached hydrogens (primary N) is 1. The van der Waals surface area contributed by atoms with Gasteiger partial charge < -0.3 is 10.5 Å². The molecule has 1 unspecified atom stereocenters. The molecule has 0 spiro atoms. The van der Waals surface area contributed by atoms with Crippen LogP contribution in [0, 0.1) is 5.92 Å². The summed E-state index contributed by atoms with van der Waals surface area (Å²) < 4.78 is 66.6. The molecular weight excluding hydrogens is 321 g/mol. The van der Waals surface area contributed by atoms with Crippen LogP contribution >= 0.6 is 0 Å². The van der Waals surface area contributed by atoms with Crippen LogP contribution in [0.5, 0.6) is 5.75 Å². The minimum Gasteiger partial charge on any atom is -0.406 e. The van der Waals surface area contributed by atoms with Gasteiger partial charge in [-0.3, -0.25) is 0 Å². The van der Waals surface area contributed by atoms with E-state index in [-0.39, 0.29) is 23.4 Å². The average Bonchev–Trinajstić information content (AvgIpc) is 3.22. The van der Waals surface area contributed by atoms with E-state index in [0.717, 1.165) is 29.3 Å². The molecule has 1 atom stereocenters. The quantitative estimate of drug-likeness (QED) is 0.860. The number of rotatable bonds is 6. The summed E-state index contributed by atoms with van der Waals surface area (Å²) in [5, 5.41) is 0. The summed E-state index contributed by atoms with van der Waals surface area (Å²) in [6, 6.07) is 4.00. The van der Waals surface area contributed by atoms with Crippen molar-refractivity contribution in [2.24, 2.45) is 11.7 Å². The van der Waals surface area contributed by atoms with Crippen molar-refractivity contribution in [3.8, 4) is 5.75 Å². The Balaban J connectivity index is 2.27. The lowest BCUT2D eigenvalue weighted by Crippen LogP contribution is -2.43. The third kappa shape index (κ3) is 3.90. The van der Waals surface area contributed by atoms with Gasteiger partial charge in [0, 0.05) is 25.7 Å². The number of hydrogen-bond donors (Lipinski definition) is 1. The predicted octanol–water partition coefficient (Wildman–Crippen LogP) is 1.94. The highest BCUT2D eigenvalue weighted by Gasteiger charge is 2.38. The number of likely N-dealkylation sites (N-methyl/N-ethyl adjacent to an activating group) is 1. The third-order valence-corrected chi connectivity index (χ3v) is 5.47. The smallest absolute Gasteiger partial charge is 0.406 e. The van der Waals surface area contributed by atoms with E-state index in [1.54, 1.807) is 0 Å². The van der Waals surface area contributed by atoms with E-state index < -0.39 is 22.1 Å². The van der Waals surface area contributed by atoms with Gasteiger partial charge in [0.15, 0.2) is 0 Å². The largest absolute Gasteiger partial charge is 0.573 e. The number of alkyl halides is 3. The molecule has 1 aliphatic carbocycles. The number of hydrogen-bond acceptors (Lipinski definition) is 4. The van der Waals surface area contributed by atoms with Crippen LogP contribution in [0.3, 0.4) is 0 Å². The second-order valence-electron chi connectivity index (χ2n) is 5.18. The van der Waals surface area contributed by atoms with E-state index in [1.165, 1.54) is 19.2 Å². The lowest BCUT2D eigenvalue weighted by atomic mass is 10.2. The van der Waals surface area contributed by atoms with E-state index >= 15 is 0 Å². The first-order valence-corrected chi connectivity index (χ1v) is 8.13. The standard InChI is InChI=1S/C13H17F3N2O3S/c1-18(12(8-17)9-5-6-9)22(19,20)11-4-2-3-10(7-11)21-13(14,15)16/h2-4,7,9,12H,5-6,8,17H2,1H3. The number of nitrogens with zero attached hydrogens (tertiary/aromatic N) is 1. The average molecular weight is 338 g/mol. The predicted molar refractivity (Wildman–Crippen MR) is 73.6 cm³/mol. The highest BCUT2D eigenvalue weighted by atomic mass is 32.2. The summed E-state index contributed by atoms with van der Waals surface area (Å²) >= 11 is 0. The maximum absolute atomic E-state index is 12.5. The zero-order valence-corrected chi connectivity index (χ0v) is 12.7. The second-order valence-corrected chi connectivity index (χ2v) is 7.18. The lowest BCUT2D eigenvalue weighted by Gasteiger charge is -2.26. The van der Waals surface area contributed by atoms with Crippen LogP contribution in [-0.2, 0) is 10.0 Å². The highest BCUT2D eigenvalue weighted by Crippen LogP contribution is 2.36. The van der Waals surface area contributed by atoms with Gasteiger partial charge in [0.25, 0.3) is 0 Å². The fourth-order valence-corrected chi connectivity index (χ4v) is 3.76. The van der Waals surface area contributed by atoms with E-state index in [1.807, 2.05) is 0 Å². The molecule has 2 N–H and O–H groups in total. The van der Waals surface area contributed by atoms with Crippen LogP contribution in [0.25, 0.3) is 0 Å². The van der Waals surface area contributed by atoms with E-state index in [0.29, 0.717) is 0 Å². The summed E-state index contributed by atoms with van der Waals surface area (Å²) in [6.07, 6.45) is -3.07. The van der Waals surface area contributed by atoms with Crippen LogP contribution in [0.2, 0.25) is 0 Å². The molecule has 1 aromatic carbocycles. The molecule has 9 heteroatoms. The molecule has 0 amide bonds. The molecule has 1 aromatic rings. The third-order valence-electron chi connectivity index (χ3n) is 3.59. The zero-order valence-electron chi connectivity index (χ0n) is 11.9. The minimum absolute atomic E-state index is 0.166. The van der Waals surface area contributed by atoms with Crippen molar-refractivity contribution in [1.82, 2.24) is 4.31 Å². The van der Waals surface area contributed by atoms with Crippen molar-refractivity contribution in [3.05, 3.63) is 24.3 Å². The molecule has 1 fully saturated rings. The number of halogens is 3. The minimum atomic E-state index is -4.87. The molecule has 0 saturated heterocycles. The molecule has 0 radical (unpaired) electrons. The van der Waals surface area contributed by atoms with Gasteiger partial charge in [-0.05, 0) is 30.9 Å². The fraction of sp³-hybridized carbons (Fsp3) is 0.538. The summed E-state index contributed by atoms with van der Waals surface area (Å²) in [7, 11) is -2.54. The van der Waals surface area contributed by atoms with E-state index in [2.05, 4.69) is 4.74 Å². The first kappa shape index (κ1) is 17.0. The van der Waals surface area contributed by atoms with Gasteiger partial charge in [-0.1, -0.05) is 6.07 Å². The van der Waals surface area contributed by atoms with Crippen LogP contribution < -0.4 is 10.5 Å². The highest BCUT2D eigenvalue weighted by molar-refractivity contribution is 7.89. The zero-order chi connectivity index (χ0) is 16.5. The first-order chi connectivity index (χ1) is 10.1. The van der Waals surface area contributed by atoms with Crippen molar-refractivity contribution >= 4 is 10.0 Å². The monoisotopic (exact) mass is 338 g/mol. The van der Waals surface area contributed by atoms with E-state index in [4.69, 9.17) is 5.73 Å². The van der Waals surface area contributed by atoms with Crippen molar-refractivity contribution in [1.29, 1.82) is 0 Å². The summed E-state index contributed by atoms with van der Waals surface area (Å²) in [6.45, 7) is 0.166. The van der Waals surface area contributed by atoms with Crippen LogP contribution in [0.1, 0.15) is 12.8 Å². The second kappa shape index (κ2) is 6.05. The Bertz CT molecular complexity index is 630. The van der Waals surface area contributed by atoms with Gasteiger partial charge >= 0.3 is 6.36 Å². The number of ether oxygens (including phenoxy) is 1. The summed E-state index contributed by atoms with van der Waals surface area (Å²) in [4.78, 5) is -0.254. The molecule has 1 saturated carbocycles. The fourth-order valence-electron chi connectivity index (χ4n) is 2.30. The van der Waals surface area contributed by atoms with Crippen LogP contribution in [-0.4, -0.2) is 38.7 Å².